The van der Waals surface area contributed by atoms with Crippen molar-refractivity contribution in [2.75, 3.05) is 25.7 Å². The Morgan fingerprint density at radius 2 is 1.88 bits per heavy atom. The lowest BCUT2D eigenvalue weighted by Crippen LogP contribution is -2.44. The molecule has 1 fully saturated rings. The number of nitrogens with zero attached hydrogens (tertiary/aromatic N) is 1. The van der Waals surface area contributed by atoms with Gasteiger partial charge in [0.2, 0.25) is 11.8 Å². The van der Waals surface area contributed by atoms with Crippen LogP contribution in [-0.4, -0.2) is 38.1 Å². The van der Waals surface area contributed by atoms with Crippen LogP contribution in [-0.2, 0) is 9.59 Å². The molecular formula is C17H23ClN2O4. The van der Waals surface area contributed by atoms with Gasteiger partial charge in [0.1, 0.15) is 11.5 Å². The average molecular weight is 355 g/mol. The van der Waals surface area contributed by atoms with E-state index in [2.05, 4.69) is 5.32 Å². The van der Waals surface area contributed by atoms with Crippen molar-refractivity contribution in [2.45, 2.75) is 32.7 Å². The first kappa shape index (κ1) is 18.4. The van der Waals surface area contributed by atoms with Gasteiger partial charge in [0.15, 0.2) is 0 Å². The first-order valence-corrected chi connectivity index (χ1v) is 8.08. The molecule has 1 saturated heterocycles. The second-order valence-corrected chi connectivity index (χ2v) is 7.21. The van der Waals surface area contributed by atoms with Crippen LogP contribution < -0.4 is 19.7 Å². The van der Waals surface area contributed by atoms with Gasteiger partial charge in [-0.05, 0) is 20.8 Å². The summed E-state index contributed by atoms with van der Waals surface area (Å²) in [6, 6.07) is 3.26. The normalized spacial score (nSPS) is 17.8. The van der Waals surface area contributed by atoms with E-state index in [-0.39, 0.29) is 23.8 Å². The first-order valence-electron chi connectivity index (χ1n) is 7.70. The molecule has 2 amide bonds. The van der Waals surface area contributed by atoms with Crippen LogP contribution in [0.15, 0.2) is 12.1 Å². The molecule has 0 aliphatic carbocycles. The van der Waals surface area contributed by atoms with Crippen LogP contribution in [0.1, 0.15) is 27.2 Å². The summed E-state index contributed by atoms with van der Waals surface area (Å²) >= 11 is 6.10. The third kappa shape index (κ3) is 3.93. The Hall–Kier alpha value is -1.95. The fourth-order valence-electron chi connectivity index (χ4n) is 2.64. The van der Waals surface area contributed by atoms with Crippen LogP contribution in [0.4, 0.5) is 5.69 Å². The number of anilines is 1. The van der Waals surface area contributed by atoms with Gasteiger partial charge >= 0.3 is 0 Å². The predicted octanol–water partition coefficient (Wildman–Crippen LogP) is 2.62. The highest BCUT2D eigenvalue weighted by Gasteiger charge is 2.37. The fourth-order valence-corrected chi connectivity index (χ4v) is 2.87. The number of benzene rings is 1. The standard InChI is InChI=1S/C17H23ClN2O4/c1-17(2,3)19-16(22)10-6-15(21)20(9-10)12-8-13(23-4)11(18)7-14(12)24-5/h7-8,10H,6,9H2,1-5H3,(H,19,22). The molecule has 1 atom stereocenters. The van der Waals surface area contributed by atoms with Crippen molar-refractivity contribution in [1.82, 2.24) is 5.32 Å². The number of hydrogen-bond donors (Lipinski definition) is 1. The highest BCUT2D eigenvalue weighted by Crippen LogP contribution is 2.40. The molecule has 24 heavy (non-hydrogen) atoms. The van der Waals surface area contributed by atoms with E-state index in [0.717, 1.165) is 0 Å². The Bertz CT molecular complexity index is 655. The minimum atomic E-state index is -0.400. The van der Waals surface area contributed by atoms with E-state index in [1.807, 2.05) is 20.8 Å². The lowest BCUT2D eigenvalue weighted by Gasteiger charge is -2.23. The molecule has 1 aliphatic heterocycles. The van der Waals surface area contributed by atoms with Crippen LogP contribution in [0.3, 0.4) is 0 Å². The van der Waals surface area contributed by atoms with Gasteiger partial charge in [-0.2, -0.15) is 0 Å². The minimum absolute atomic E-state index is 0.127. The molecule has 0 bridgehead atoms. The Morgan fingerprint density at radius 1 is 1.25 bits per heavy atom. The van der Waals surface area contributed by atoms with E-state index in [1.165, 1.54) is 14.2 Å². The van der Waals surface area contributed by atoms with E-state index in [1.54, 1.807) is 17.0 Å². The largest absolute Gasteiger partial charge is 0.495 e. The summed E-state index contributed by atoms with van der Waals surface area (Å²) in [5.74, 6) is 0.252. The van der Waals surface area contributed by atoms with Crippen LogP contribution in [0.2, 0.25) is 5.02 Å². The average Bonchev–Trinajstić information content (AvgIpc) is 2.87. The molecule has 0 radical (unpaired) electrons. The topological polar surface area (TPSA) is 67.9 Å². The SMILES string of the molecule is COc1cc(N2CC(C(=O)NC(C)(C)C)CC2=O)c(OC)cc1Cl. The number of amides is 2. The molecular weight excluding hydrogens is 332 g/mol. The molecule has 1 aromatic rings. The summed E-state index contributed by atoms with van der Waals surface area (Å²) in [5, 5.41) is 3.31. The maximum Gasteiger partial charge on any atom is 0.227 e. The lowest BCUT2D eigenvalue weighted by molar-refractivity contribution is -0.127. The predicted molar refractivity (Wildman–Crippen MR) is 92.9 cm³/mol. The molecule has 0 aromatic heterocycles. The van der Waals surface area contributed by atoms with Crippen LogP contribution in [0.25, 0.3) is 0 Å². The maximum atomic E-state index is 12.4. The van der Waals surface area contributed by atoms with Gasteiger partial charge in [-0.1, -0.05) is 11.6 Å². The quantitative estimate of drug-likeness (QED) is 0.902. The number of carbonyl (C=O) groups is 2. The molecule has 1 unspecified atom stereocenters. The number of rotatable bonds is 4. The van der Waals surface area contributed by atoms with Gasteiger partial charge in [0.25, 0.3) is 0 Å². The van der Waals surface area contributed by atoms with Crippen molar-refractivity contribution in [3.63, 3.8) is 0 Å². The molecule has 1 heterocycles. The zero-order valence-electron chi connectivity index (χ0n) is 14.6. The van der Waals surface area contributed by atoms with Crippen molar-refractivity contribution >= 4 is 29.1 Å². The monoisotopic (exact) mass is 354 g/mol. The lowest BCUT2D eigenvalue weighted by atomic mass is 10.0. The molecule has 2 rings (SSSR count). The number of carbonyl (C=O) groups excluding carboxylic acids is 2. The van der Waals surface area contributed by atoms with E-state index in [0.29, 0.717) is 28.8 Å². The maximum absolute atomic E-state index is 12.4. The number of hydrogen-bond acceptors (Lipinski definition) is 4. The van der Waals surface area contributed by atoms with Crippen molar-refractivity contribution in [2.24, 2.45) is 5.92 Å². The second kappa shape index (κ2) is 6.89. The summed E-state index contributed by atoms with van der Waals surface area (Å²) < 4.78 is 10.5. The van der Waals surface area contributed by atoms with Crippen molar-refractivity contribution in [3.8, 4) is 11.5 Å². The highest BCUT2D eigenvalue weighted by atomic mass is 35.5. The first-order chi connectivity index (χ1) is 11.2. The smallest absolute Gasteiger partial charge is 0.227 e. The number of ether oxygens (including phenoxy) is 2. The van der Waals surface area contributed by atoms with Gasteiger partial charge in [-0.3, -0.25) is 9.59 Å². The minimum Gasteiger partial charge on any atom is -0.495 e. The number of nitrogens with one attached hydrogen (secondary N) is 1. The molecule has 0 spiro atoms. The third-order valence-corrected chi connectivity index (χ3v) is 4.03. The number of halogens is 1. The van der Waals surface area contributed by atoms with E-state index >= 15 is 0 Å². The summed E-state index contributed by atoms with van der Waals surface area (Å²) in [6.07, 6.45) is 0.163. The summed E-state index contributed by atoms with van der Waals surface area (Å²) in [7, 11) is 3.01. The van der Waals surface area contributed by atoms with Crippen molar-refractivity contribution < 1.29 is 19.1 Å². The summed E-state index contributed by atoms with van der Waals surface area (Å²) in [6.45, 7) is 6.02. The van der Waals surface area contributed by atoms with E-state index in [4.69, 9.17) is 21.1 Å². The van der Waals surface area contributed by atoms with Crippen LogP contribution in [0, 0.1) is 5.92 Å². The van der Waals surface area contributed by atoms with E-state index in [9.17, 15) is 9.59 Å². The molecule has 132 valence electrons. The highest BCUT2D eigenvalue weighted by molar-refractivity contribution is 6.32. The van der Waals surface area contributed by atoms with Crippen molar-refractivity contribution in [3.05, 3.63) is 17.2 Å². The van der Waals surface area contributed by atoms with Gasteiger partial charge in [-0.25, -0.2) is 0 Å². The van der Waals surface area contributed by atoms with Crippen molar-refractivity contribution in [1.29, 1.82) is 0 Å². The van der Waals surface area contributed by atoms with Gasteiger partial charge in [-0.15, -0.1) is 0 Å². The molecule has 0 saturated carbocycles. The van der Waals surface area contributed by atoms with Crippen LogP contribution >= 0.6 is 11.6 Å². The summed E-state index contributed by atoms with van der Waals surface area (Å²) in [4.78, 5) is 26.3. The summed E-state index contributed by atoms with van der Waals surface area (Å²) in [5.41, 5.74) is 0.212. The van der Waals surface area contributed by atoms with Gasteiger partial charge < -0.3 is 19.7 Å². The van der Waals surface area contributed by atoms with E-state index < -0.39 is 5.92 Å². The Balaban J connectivity index is 2.27. The van der Waals surface area contributed by atoms with Gasteiger partial charge in [0, 0.05) is 30.6 Å². The molecule has 1 aliphatic rings. The molecule has 1 aromatic carbocycles. The van der Waals surface area contributed by atoms with Crippen LogP contribution in [0.5, 0.6) is 11.5 Å². The Kier molecular flexibility index (Phi) is 5.28. The second-order valence-electron chi connectivity index (χ2n) is 6.80. The molecule has 6 nitrogen and oxygen atoms in total. The zero-order valence-corrected chi connectivity index (χ0v) is 15.4. The van der Waals surface area contributed by atoms with Gasteiger partial charge in [0.05, 0.1) is 30.8 Å². The number of methoxy groups -OCH3 is 2. The zero-order chi connectivity index (χ0) is 18.1. The molecule has 7 heteroatoms. The Labute approximate surface area is 147 Å². The fraction of sp³-hybridized carbons (Fsp3) is 0.529. The molecule has 1 N–H and O–H groups in total. The Morgan fingerprint density at radius 3 is 2.42 bits per heavy atom. The third-order valence-electron chi connectivity index (χ3n) is 3.74.